The molecule has 1 heteroatoms. The first-order valence-corrected chi connectivity index (χ1v) is 4.87. The van der Waals surface area contributed by atoms with Crippen molar-refractivity contribution in [3.05, 3.63) is 35.6 Å². The lowest BCUT2D eigenvalue weighted by Gasteiger charge is -2.24. The second kappa shape index (κ2) is 2.83. The van der Waals surface area contributed by atoms with E-state index in [9.17, 15) is 4.39 Å². The number of rotatable bonds is 2. The number of hydrogen-bond donors (Lipinski definition) is 0. The Bertz CT molecular complexity index is 293. The van der Waals surface area contributed by atoms with E-state index < -0.39 is 0 Å². The molecular weight excluding hydrogens is 163 g/mol. The lowest BCUT2D eigenvalue weighted by atomic mass is 9.80. The van der Waals surface area contributed by atoms with Crippen LogP contribution >= 0.6 is 0 Å². The molecule has 1 aliphatic carbocycles. The molecule has 1 aromatic carbocycles. The molecule has 1 aromatic rings. The maximum absolute atomic E-state index is 12.7. The Kier molecular flexibility index (Phi) is 1.90. The Morgan fingerprint density at radius 1 is 1.15 bits per heavy atom. The summed E-state index contributed by atoms with van der Waals surface area (Å²) >= 11 is 0. The van der Waals surface area contributed by atoms with Gasteiger partial charge in [0.2, 0.25) is 0 Å². The van der Waals surface area contributed by atoms with Gasteiger partial charge in [-0.05, 0) is 41.9 Å². The molecule has 0 spiro atoms. The normalized spacial score (nSPS) is 17.5. The molecule has 70 valence electrons. The molecule has 0 saturated heterocycles. The van der Waals surface area contributed by atoms with Crippen LogP contribution < -0.4 is 0 Å². The SMILES string of the molecule is CC(C)(c1ccc(F)cc1)C1CC1. The molecule has 2 rings (SSSR count). The molecule has 0 atom stereocenters. The van der Waals surface area contributed by atoms with Crippen LogP contribution in [0, 0.1) is 11.7 Å². The van der Waals surface area contributed by atoms with Crippen molar-refractivity contribution in [1.82, 2.24) is 0 Å². The summed E-state index contributed by atoms with van der Waals surface area (Å²) in [6.07, 6.45) is 2.65. The van der Waals surface area contributed by atoms with Crippen LogP contribution in [0.5, 0.6) is 0 Å². The number of halogens is 1. The molecular formula is C12H15F. The van der Waals surface area contributed by atoms with E-state index in [1.54, 1.807) is 12.1 Å². The maximum Gasteiger partial charge on any atom is 0.123 e. The molecule has 1 aliphatic rings. The monoisotopic (exact) mass is 178 g/mol. The minimum Gasteiger partial charge on any atom is -0.207 e. The third kappa shape index (κ3) is 1.60. The molecule has 0 radical (unpaired) electrons. The second-order valence-corrected chi connectivity index (χ2v) is 4.50. The lowest BCUT2D eigenvalue weighted by Crippen LogP contribution is -2.19. The molecule has 0 N–H and O–H groups in total. The zero-order valence-electron chi connectivity index (χ0n) is 8.18. The van der Waals surface area contributed by atoms with Gasteiger partial charge in [-0.2, -0.15) is 0 Å². The first kappa shape index (κ1) is 8.74. The molecule has 0 aliphatic heterocycles. The van der Waals surface area contributed by atoms with E-state index in [-0.39, 0.29) is 11.2 Å². The quantitative estimate of drug-likeness (QED) is 0.650. The fourth-order valence-electron chi connectivity index (χ4n) is 1.92. The van der Waals surface area contributed by atoms with E-state index in [4.69, 9.17) is 0 Å². The van der Waals surface area contributed by atoms with Gasteiger partial charge in [0.1, 0.15) is 5.82 Å². The summed E-state index contributed by atoms with van der Waals surface area (Å²) in [5.74, 6) is 0.660. The van der Waals surface area contributed by atoms with Crippen molar-refractivity contribution in [2.45, 2.75) is 32.1 Å². The second-order valence-electron chi connectivity index (χ2n) is 4.50. The summed E-state index contributed by atoms with van der Waals surface area (Å²) in [6, 6.07) is 6.93. The Balaban J connectivity index is 2.28. The van der Waals surface area contributed by atoms with Crippen LogP contribution in [-0.2, 0) is 5.41 Å². The highest BCUT2D eigenvalue weighted by atomic mass is 19.1. The maximum atomic E-state index is 12.7. The van der Waals surface area contributed by atoms with Crippen molar-refractivity contribution in [2.24, 2.45) is 5.92 Å². The minimum atomic E-state index is -0.143. The van der Waals surface area contributed by atoms with E-state index >= 15 is 0 Å². The highest BCUT2D eigenvalue weighted by molar-refractivity contribution is 5.26. The van der Waals surface area contributed by atoms with Crippen LogP contribution in [-0.4, -0.2) is 0 Å². The zero-order valence-corrected chi connectivity index (χ0v) is 8.18. The Hall–Kier alpha value is -0.850. The van der Waals surface area contributed by atoms with Gasteiger partial charge in [0.25, 0.3) is 0 Å². The van der Waals surface area contributed by atoms with E-state index in [2.05, 4.69) is 13.8 Å². The van der Waals surface area contributed by atoms with Gasteiger partial charge in [-0.15, -0.1) is 0 Å². The molecule has 13 heavy (non-hydrogen) atoms. The first-order valence-electron chi connectivity index (χ1n) is 4.87. The minimum absolute atomic E-state index is 0.143. The average molecular weight is 178 g/mol. The van der Waals surface area contributed by atoms with Gasteiger partial charge < -0.3 is 0 Å². The predicted molar refractivity (Wildman–Crippen MR) is 52.2 cm³/mol. The third-order valence-corrected chi connectivity index (χ3v) is 3.19. The Morgan fingerprint density at radius 2 is 1.69 bits per heavy atom. The summed E-state index contributed by atoms with van der Waals surface area (Å²) < 4.78 is 12.7. The van der Waals surface area contributed by atoms with E-state index in [1.165, 1.54) is 18.4 Å². The largest absolute Gasteiger partial charge is 0.207 e. The van der Waals surface area contributed by atoms with Gasteiger partial charge in [0, 0.05) is 0 Å². The molecule has 0 amide bonds. The predicted octanol–water partition coefficient (Wildman–Crippen LogP) is 3.51. The van der Waals surface area contributed by atoms with Gasteiger partial charge in [0.05, 0.1) is 0 Å². The Labute approximate surface area is 78.8 Å². The summed E-state index contributed by atoms with van der Waals surface area (Å²) in [7, 11) is 0. The molecule has 0 heterocycles. The molecule has 1 saturated carbocycles. The number of benzene rings is 1. The number of hydrogen-bond acceptors (Lipinski definition) is 0. The van der Waals surface area contributed by atoms with Gasteiger partial charge >= 0.3 is 0 Å². The highest BCUT2D eigenvalue weighted by Gasteiger charge is 2.38. The van der Waals surface area contributed by atoms with Crippen molar-refractivity contribution in [3.63, 3.8) is 0 Å². The van der Waals surface area contributed by atoms with Gasteiger partial charge in [0.15, 0.2) is 0 Å². The van der Waals surface area contributed by atoms with Gasteiger partial charge in [-0.25, -0.2) is 4.39 Å². The van der Waals surface area contributed by atoms with E-state index in [0.717, 1.165) is 5.92 Å². The molecule has 0 unspecified atom stereocenters. The van der Waals surface area contributed by atoms with Crippen LogP contribution in [0.4, 0.5) is 4.39 Å². The molecule has 0 aromatic heterocycles. The van der Waals surface area contributed by atoms with Gasteiger partial charge in [-0.3, -0.25) is 0 Å². The summed E-state index contributed by atoms with van der Waals surface area (Å²) in [6.45, 7) is 4.50. The summed E-state index contributed by atoms with van der Waals surface area (Å²) in [5.41, 5.74) is 1.49. The summed E-state index contributed by atoms with van der Waals surface area (Å²) in [4.78, 5) is 0. The van der Waals surface area contributed by atoms with Crippen molar-refractivity contribution in [3.8, 4) is 0 Å². The highest BCUT2D eigenvalue weighted by Crippen LogP contribution is 2.46. The molecule has 1 fully saturated rings. The van der Waals surface area contributed by atoms with Crippen molar-refractivity contribution >= 4 is 0 Å². The van der Waals surface area contributed by atoms with Crippen LogP contribution in [0.25, 0.3) is 0 Å². The molecule has 0 nitrogen and oxygen atoms in total. The molecule has 0 bridgehead atoms. The lowest BCUT2D eigenvalue weighted by molar-refractivity contribution is 0.453. The topological polar surface area (TPSA) is 0 Å². The summed E-state index contributed by atoms with van der Waals surface area (Å²) in [5, 5.41) is 0. The zero-order chi connectivity index (χ0) is 9.47. The smallest absolute Gasteiger partial charge is 0.123 e. The third-order valence-electron chi connectivity index (χ3n) is 3.19. The van der Waals surface area contributed by atoms with E-state index in [1.807, 2.05) is 12.1 Å². The van der Waals surface area contributed by atoms with Crippen LogP contribution in [0.1, 0.15) is 32.3 Å². The fourth-order valence-corrected chi connectivity index (χ4v) is 1.92. The standard InChI is InChI=1S/C12H15F/c1-12(2,9-3-4-9)10-5-7-11(13)8-6-10/h5-9H,3-4H2,1-2H3. The van der Waals surface area contributed by atoms with Crippen LogP contribution in [0.2, 0.25) is 0 Å². The Morgan fingerprint density at radius 3 is 2.15 bits per heavy atom. The van der Waals surface area contributed by atoms with Crippen LogP contribution in [0.15, 0.2) is 24.3 Å². The average Bonchev–Trinajstić information content (AvgIpc) is 2.87. The van der Waals surface area contributed by atoms with E-state index in [0.29, 0.717) is 0 Å². The first-order chi connectivity index (χ1) is 6.10. The van der Waals surface area contributed by atoms with Crippen LogP contribution in [0.3, 0.4) is 0 Å². The van der Waals surface area contributed by atoms with Gasteiger partial charge in [-0.1, -0.05) is 26.0 Å². The van der Waals surface area contributed by atoms with Crippen molar-refractivity contribution in [2.75, 3.05) is 0 Å². The fraction of sp³-hybridized carbons (Fsp3) is 0.500. The van der Waals surface area contributed by atoms with Crippen molar-refractivity contribution in [1.29, 1.82) is 0 Å². The van der Waals surface area contributed by atoms with Crippen molar-refractivity contribution < 1.29 is 4.39 Å².